The minimum absolute atomic E-state index is 0.0367. The van der Waals surface area contributed by atoms with Crippen LogP contribution in [0, 0.1) is 5.82 Å². The van der Waals surface area contributed by atoms with Crippen molar-refractivity contribution in [2.24, 2.45) is 0 Å². The predicted molar refractivity (Wildman–Crippen MR) is 72.5 cm³/mol. The van der Waals surface area contributed by atoms with Gasteiger partial charge in [-0.05, 0) is 29.3 Å². The van der Waals surface area contributed by atoms with Gasteiger partial charge in [0.25, 0.3) is 0 Å². The first-order valence-electron chi connectivity index (χ1n) is 5.29. The number of aromatic nitrogens is 2. The van der Waals surface area contributed by atoms with Crippen LogP contribution < -0.4 is 4.72 Å². The molecule has 9 heteroatoms. The number of nitrogens with one attached hydrogen (secondary N) is 1. The summed E-state index contributed by atoms with van der Waals surface area (Å²) in [5.74, 6) is -0.565. The summed E-state index contributed by atoms with van der Waals surface area (Å²) in [5, 5.41) is -0.120. The second-order valence-corrected chi connectivity index (χ2v) is 6.27. The largest absolute Gasteiger partial charge is 0.243 e. The number of hydrogen-bond acceptors (Lipinski definition) is 4. The van der Waals surface area contributed by atoms with E-state index in [1.54, 1.807) is 0 Å². The summed E-state index contributed by atoms with van der Waals surface area (Å²) in [6, 6.07) is 3.94. The minimum Gasteiger partial charge on any atom is -0.225 e. The van der Waals surface area contributed by atoms with Gasteiger partial charge in [-0.2, -0.15) is 0 Å². The molecule has 0 atom stereocenters. The summed E-state index contributed by atoms with van der Waals surface area (Å²) >= 11 is 11.1. The Hall–Kier alpha value is -1.28. The van der Waals surface area contributed by atoms with Gasteiger partial charge in [-0.25, -0.2) is 27.5 Å². The van der Waals surface area contributed by atoms with Crippen LogP contribution in [0.2, 0.25) is 10.3 Å². The van der Waals surface area contributed by atoms with Crippen LogP contribution in [-0.4, -0.2) is 18.4 Å². The molecular weight excluding hydrogens is 328 g/mol. The van der Waals surface area contributed by atoms with Gasteiger partial charge < -0.3 is 0 Å². The molecule has 0 aliphatic carbocycles. The number of hydrogen-bond donors (Lipinski definition) is 1. The molecule has 0 bridgehead atoms. The van der Waals surface area contributed by atoms with Crippen molar-refractivity contribution in [2.45, 2.75) is 11.4 Å². The molecule has 106 valence electrons. The Morgan fingerprint density at radius 3 is 2.45 bits per heavy atom. The highest BCUT2D eigenvalue weighted by molar-refractivity contribution is 7.89. The molecule has 1 aromatic carbocycles. The molecule has 0 saturated carbocycles. The topological polar surface area (TPSA) is 72.0 Å². The maximum absolute atomic E-state index is 13.0. The van der Waals surface area contributed by atoms with Gasteiger partial charge in [-0.1, -0.05) is 17.7 Å². The molecule has 1 N–H and O–H groups in total. The lowest BCUT2D eigenvalue weighted by Crippen LogP contribution is -2.23. The van der Waals surface area contributed by atoms with Gasteiger partial charge in [0.15, 0.2) is 0 Å². The monoisotopic (exact) mass is 335 g/mol. The van der Waals surface area contributed by atoms with Crippen molar-refractivity contribution in [3.8, 4) is 0 Å². The Balaban J connectivity index is 2.13. The molecular formula is C11H8Cl2FN3O2S. The average molecular weight is 336 g/mol. The highest BCUT2D eigenvalue weighted by Crippen LogP contribution is 2.16. The van der Waals surface area contributed by atoms with E-state index in [1.807, 2.05) is 0 Å². The summed E-state index contributed by atoms with van der Waals surface area (Å²) < 4.78 is 39.2. The fourth-order valence-corrected chi connectivity index (χ4v) is 2.56. The summed E-state index contributed by atoms with van der Waals surface area (Å²) in [7, 11) is -3.77. The van der Waals surface area contributed by atoms with Gasteiger partial charge in [0.1, 0.15) is 10.7 Å². The highest BCUT2D eigenvalue weighted by Gasteiger charge is 2.15. The molecule has 2 rings (SSSR count). The SMILES string of the molecule is O=S(=O)(NCc1ccc(F)c(Cl)c1)c1cnc(Cl)nc1. The van der Waals surface area contributed by atoms with Crippen LogP contribution in [0.3, 0.4) is 0 Å². The molecule has 2 aromatic rings. The van der Waals surface area contributed by atoms with E-state index >= 15 is 0 Å². The van der Waals surface area contributed by atoms with Crippen LogP contribution in [0.4, 0.5) is 4.39 Å². The van der Waals surface area contributed by atoms with E-state index in [4.69, 9.17) is 23.2 Å². The lowest BCUT2D eigenvalue weighted by Gasteiger charge is -2.06. The maximum atomic E-state index is 13.0. The summed E-state index contributed by atoms with van der Waals surface area (Å²) in [6.07, 6.45) is 2.19. The Labute approximate surface area is 124 Å². The van der Waals surface area contributed by atoms with Gasteiger partial charge in [-0.3, -0.25) is 0 Å². The Kier molecular flexibility index (Phi) is 4.54. The zero-order valence-electron chi connectivity index (χ0n) is 9.85. The molecule has 0 fully saturated rings. The van der Waals surface area contributed by atoms with Gasteiger partial charge >= 0.3 is 0 Å². The molecule has 5 nitrogen and oxygen atoms in total. The van der Waals surface area contributed by atoms with Gasteiger partial charge in [0.05, 0.1) is 17.4 Å². The predicted octanol–water partition coefficient (Wildman–Crippen LogP) is 2.40. The van der Waals surface area contributed by atoms with Crippen molar-refractivity contribution in [1.82, 2.24) is 14.7 Å². The number of benzene rings is 1. The van der Waals surface area contributed by atoms with Gasteiger partial charge in [-0.15, -0.1) is 0 Å². The first-order chi connectivity index (χ1) is 9.38. The molecule has 1 aromatic heterocycles. The van der Waals surface area contributed by atoms with E-state index in [1.165, 1.54) is 12.1 Å². The normalized spacial score (nSPS) is 11.6. The second kappa shape index (κ2) is 6.01. The molecule has 0 spiro atoms. The Morgan fingerprint density at radius 1 is 1.20 bits per heavy atom. The molecule has 0 aliphatic rings. The van der Waals surface area contributed by atoms with E-state index in [2.05, 4.69) is 14.7 Å². The summed E-state index contributed by atoms with van der Waals surface area (Å²) in [4.78, 5) is 7.07. The molecule has 0 unspecified atom stereocenters. The quantitative estimate of drug-likeness (QED) is 0.871. The standard InChI is InChI=1S/C11H8Cl2FN3O2S/c12-9-3-7(1-2-10(9)14)4-17-20(18,19)8-5-15-11(13)16-6-8/h1-3,5-6,17H,4H2. The number of rotatable bonds is 4. The van der Waals surface area contributed by atoms with Crippen LogP contribution in [0.15, 0.2) is 35.5 Å². The third-order valence-corrected chi connectivity index (χ3v) is 4.20. The first kappa shape index (κ1) is 15.1. The smallest absolute Gasteiger partial charge is 0.225 e. The maximum Gasteiger partial charge on any atom is 0.243 e. The van der Waals surface area contributed by atoms with E-state index in [-0.39, 0.29) is 21.7 Å². The zero-order chi connectivity index (χ0) is 14.8. The number of halogens is 3. The van der Waals surface area contributed by atoms with E-state index < -0.39 is 15.8 Å². The molecule has 0 aliphatic heterocycles. The number of sulfonamides is 1. The van der Waals surface area contributed by atoms with E-state index in [0.717, 1.165) is 18.5 Å². The van der Waals surface area contributed by atoms with Crippen molar-refractivity contribution in [2.75, 3.05) is 0 Å². The molecule has 0 saturated heterocycles. The van der Waals surface area contributed by atoms with E-state index in [0.29, 0.717) is 5.56 Å². The molecule has 0 amide bonds. The van der Waals surface area contributed by atoms with Crippen LogP contribution >= 0.6 is 23.2 Å². The minimum atomic E-state index is -3.77. The van der Waals surface area contributed by atoms with Crippen LogP contribution in [0.25, 0.3) is 0 Å². The van der Waals surface area contributed by atoms with Gasteiger partial charge in [0.2, 0.25) is 15.3 Å². The number of nitrogens with zero attached hydrogens (tertiary/aromatic N) is 2. The summed E-state index contributed by atoms with van der Waals surface area (Å²) in [5.41, 5.74) is 0.523. The van der Waals surface area contributed by atoms with Crippen molar-refractivity contribution in [3.05, 3.63) is 52.3 Å². The molecule has 1 heterocycles. The first-order valence-corrected chi connectivity index (χ1v) is 7.53. The lowest BCUT2D eigenvalue weighted by atomic mass is 10.2. The van der Waals surface area contributed by atoms with Gasteiger partial charge in [0, 0.05) is 6.54 Å². The zero-order valence-corrected chi connectivity index (χ0v) is 12.2. The Morgan fingerprint density at radius 2 is 1.85 bits per heavy atom. The van der Waals surface area contributed by atoms with Crippen molar-refractivity contribution in [1.29, 1.82) is 0 Å². The Bertz CT molecular complexity index is 723. The highest BCUT2D eigenvalue weighted by atomic mass is 35.5. The van der Waals surface area contributed by atoms with Crippen molar-refractivity contribution in [3.63, 3.8) is 0 Å². The van der Waals surface area contributed by atoms with E-state index in [9.17, 15) is 12.8 Å². The van der Waals surface area contributed by atoms with Crippen LogP contribution in [0.5, 0.6) is 0 Å². The fraction of sp³-hybridized carbons (Fsp3) is 0.0909. The lowest BCUT2D eigenvalue weighted by molar-refractivity contribution is 0.580. The second-order valence-electron chi connectivity index (χ2n) is 3.76. The fourth-order valence-electron chi connectivity index (χ4n) is 1.35. The van der Waals surface area contributed by atoms with Crippen LogP contribution in [-0.2, 0) is 16.6 Å². The molecule has 20 heavy (non-hydrogen) atoms. The molecule has 0 radical (unpaired) electrons. The van der Waals surface area contributed by atoms with Crippen molar-refractivity contribution >= 4 is 33.2 Å². The average Bonchev–Trinajstić information content (AvgIpc) is 2.41. The summed E-state index contributed by atoms with van der Waals surface area (Å²) in [6.45, 7) is -0.0367. The van der Waals surface area contributed by atoms with Crippen LogP contribution in [0.1, 0.15) is 5.56 Å². The third-order valence-electron chi connectivity index (χ3n) is 2.36. The third kappa shape index (κ3) is 3.63. The van der Waals surface area contributed by atoms with Crippen molar-refractivity contribution < 1.29 is 12.8 Å².